The Labute approximate surface area is 217 Å². The number of pyridine rings is 1. The molecule has 4 rings (SSSR count). The average molecular weight is 570 g/mol. The molecule has 2 saturated heterocycles. The number of alkyl halides is 6. The van der Waals surface area contributed by atoms with Crippen molar-refractivity contribution >= 4 is 29.2 Å². The van der Waals surface area contributed by atoms with E-state index in [0.29, 0.717) is 31.0 Å². The molecule has 0 saturated carbocycles. The summed E-state index contributed by atoms with van der Waals surface area (Å²) in [4.78, 5) is 41.9. The maximum Gasteiger partial charge on any atom is 0.490 e. The maximum absolute atomic E-state index is 12.5. The summed E-state index contributed by atoms with van der Waals surface area (Å²) < 4.78 is 63.5. The number of halogens is 6. The van der Waals surface area contributed by atoms with E-state index in [0.717, 1.165) is 25.9 Å². The Morgan fingerprint density at radius 2 is 1.50 bits per heavy atom. The summed E-state index contributed by atoms with van der Waals surface area (Å²) in [5.74, 6) is -5.21. The fraction of sp³-hybridized carbons (Fsp3) is 0.478. The Kier molecular flexibility index (Phi) is 10.6. The van der Waals surface area contributed by atoms with Crippen LogP contribution in [0.2, 0.25) is 0 Å². The zero-order valence-corrected chi connectivity index (χ0v) is 20.8. The van der Waals surface area contributed by atoms with Crippen LogP contribution in [0.3, 0.4) is 0 Å². The lowest BCUT2D eigenvalue weighted by Crippen LogP contribution is -2.51. The van der Waals surface area contributed by atoms with Crippen LogP contribution in [-0.2, 0) is 27.5 Å². The number of thiophene rings is 1. The molecule has 2 atom stereocenters. The molecule has 0 bridgehead atoms. The number of hydrogen-bond donors (Lipinski definition) is 2. The van der Waals surface area contributed by atoms with Crippen LogP contribution in [-0.4, -0.2) is 73.8 Å². The van der Waals surface area contributed by atoms with Crippen molar-refractivity contribution in [3.8, 4) is 0 Å². The first-order valence-corrected chi connectivity index (χ1v) is 12.0. The Morgan fingerprint density at radius 3 is 1.97 bits per heavy atom. The number of aliphatic carboxylic acids is 2. The van der Waals surface area contributed by atoms with Gasteiger partial charge in [-0.25, -0.2) is 9.59 Å². The van der Waals surface area contributed by atoms with Crippen molar-refractivity contribution in [1.82, 2.24) is 14.8 Å². The van der Waals surface area contributed by atoms with E-state index in [-0.39, 0.29) is 0 Å². The van der Waals surface area contributed by atoms with E-state index >= 15 is 0 Å². The monoisotopic (exact) mass is 569 g/mol. The van der Waals surface area contributed by atoms with Crippen molar-refractivity contribution in [3.05, 3.63) is 52.0 Å². The van der Waals surface area contributed by atoms with Crippen LogP contribution in [0.5, 0.6) is 0 Å². The van der Waals surface area contributed by atoms with Crippen LogP contribution in [0.15, 0.2) is 36.7 Å². The van der Waals surface area contributed by atoms with E-state index in [1.165, 1.54) is 15.3 Å². The standard InChI is InChI=1S/C19H23N3OS.2C2HF3O2/c1-14-2-3-16(24-14)13-21-11-8-18-17(21)4-5-19(23)22(18)12-15-6-9-20-10-7-15;2*3-2(4,5)1(6)7/h2-3,6-7,9-10,17-18H,4-5,8,11-13H2,1H3;2*(H,6,7)/t17-,18-;;/m0../s1. The van der Waals surface area contributed by atoms with Gasteiger partial charge in [0.25, 0.3) is 0 Å². The molecule has 38 heavy (non-hydrogen) atoms. The van der Waals surface area contributed by atoms with Crippen molar-refractivity contribution in [2.75, 3.05) is 6.54 Å². The highest BCUT2D eigenvalue weighted by atomic mass is 32.1. The van der Waals surface area contributed by atoms with Crippen molar-refractivity contribution in [2.24, 2.45) is 0 Å². The number of rotatable bonds is 4. The van der Waals surface area contributed by atoms with Gasteiger partial charge in [-0.1, -0.05) is 0 Å². The van der Waals surface area contributed by atoms with E-state index in [1.807, 2.05) is 23.5 Å². The van der Waals surface area contributed by atoms with Crippen LogP contribution in [0.25, 0.3) is 0 Å². The van der Waals surface area contributed by atoms with Crippen LogP contribution < -0.4 is 0 Å². The molecular formula is C23H25F6N3O5S. The summed E-state index contributed by atoms with van der Waals surface area (Å²) in [6, 6.07) is 9.34. The lowest BCUT2D eigenvalue weighted by molar-refractivity contribution is -0.193. The molecule has 8 nitrogen and oxygen atoms in total. The Bertz CT molecular complexity index is 1070. The van der Waals surface area contributed by atoms with Crippen molar-refractivity contribution < 1.29 is 50.9 Å². The molecule has 2 N–H and O–H groups in total. The number of piperidine rings is 1. The number of amides is 1. The molecule has 1 amide bonds. The van der Waals surface area contributed by atoms with Crippen molar-refractivity contribution in [3.63, 3.8) is 0 Å². The predicted octanol–water partition coefficient (Wildman–Crippen LogP) is 4.48. The number of carboxylic acid groups (broad SMARTS) is 2. The molecule has 0 aromatic carbocycles. The zero-order chi connectivity index (χ0) is 28.7. The third-order valence-corrected chi connectivity index (χ3v) is 6.73. The molecule has 15 heteroatoms. The quantitative estimate of drug-likeness (QED) is 0.523. The maximum atomic E-state index is 12.5. The summed E-state index contributed by atoms with van der Waals surface area (Å²) in [6.45, 7) is 4.99. The normalized spacial score (nSPS) is 19.6. The van der Waals surface area contributed by atoms with Gasteiger partial charge in [-0.15, -0.1) is 11.3 Å². The number of carboxylic acids is 2. The minimum atomic E-state index is -5.08. The fourth-order valence-electron chi connectivity index (χ4n) is 4.09. The number of carbonyl (C=O) groups is 3. The molecular weight excluding hydrogens is 544 g/mol. The van der Waals surface area contributed by atoms with E-state index in [1.54, 1.807) is 12.4 Å². The third kappa shape index (κ3) is 9.28. The van der Waals surface area contributed by atoms with Crippen molar-refractivity contribution in [1.29, 1.82) is 0 Å². The van der Waals surface area contributed by atoms with Crippen LogP contribution in [0.1, 0.15) is 34.6 Å². The second-order valence-electron chi connectivity index (χ2n) is 8.43. The minimum Gasteiger partial charge on any atom is -0.475 e. The lowest BCUT2D eigenvalue weighted by atomic mass is 9.95. The van der Waals surface area contributed by atoms with Gasteiger partial charge in [-0.2, -0.15) is 26.3 Å². The molecule has 2 fully saturated rings. The van der Waals surface area contributed by atoms with Crippen molar-refractivity contribution in [2.45, 2.75) is 63.7 Å². The van der Waals surface area contributed by atoms with Gasteiger partial charge in [0.1, 0.15) is 0 Å². The first-order chi connectivity index (χ1) is 17.6. The summed E-state index contributed by atoms with van der Waals surface area (Å²) in [5.41, 5.74) is 1.17. The third-order valence-electron chi connectivity index (χ3n) is 5.74. The molecule has 2 aliphatic rings. The second kappa shape index (κ2) is 13.0. The average Bonchev–Trinajstić information content (AvgIpc) is 3.42. The number of likely N-dealkylation sites (tertiary alicyclic amines) is 2. The van der Waals surface area contributed by atoms with Gasteiger partial charge in [-0.3, -0.25) is 14.7 Å². The first kappa shape index (κ1) is 31.0. The number of hydrogen-bond acceptors (Lipinski definition) is 6. The second-order valence-corrected chi connectivity index (χ2v) is 9.80. The van der Waals surface area contributed by atoms with Crippen LogP contribution in [0, 0.1) is 6.92 Å². The summed E-state index contributed by atoms with van der Waals surface area (Å²) in [7, 11) is 0. The van der Waals surface area contributed by atoms with E-state index in [4.69, 9.17) is 19.8 Å². The van der Waals surface area contributed by atoms with Gasteiger partial charge in [0, 0.05) is 60.3 Å². The van der Waals surface area contributed by atoms with Crippen LogP contribution in [0.4, 0.5) is 26.3 Å². The Morgan fingerprint density at radius 1 is 0.947 bits per heavy atom. The molecule has 0 spiro atoms. The van der Waals surface area contributed by atoms with E-state index in [9.17, 15) is 31.1 Å². The SMILES string of the molecule is Cc1ccc(CN2CC[C@H]3[C@@H]2CCC(=O)N3Cc2ccncc2)s1.O=C(O)C(F)(F)F.O=C(O)C(F)(F)F. The summed E-state index contributed by atoms with van der Waals surface area (Å²) in [5, 5.41) is 14.2. The molecule has 4 heterocycles. The van der Waals surface area contributed by atoms with Gasteiger partial charge >= 0.3 is 24.3 Å². The number of aryl methyl sites for hydroxylation is 1. The first-order valence-electron chi connectivity index (χ1n) is 11.2. The highest BCUT2D eigenvalue weighted by Gasteiger charge is 2.43. The van der Waals surface area contributed by atoms with Gasteiger partial charge in [-0.05, 0) is 49.6 Å². The number of fused-ring (bicyclic) bond motifs is 1. The van der Waals surface area contributed by atoms with E-state index < -0.39 is 24.3 Å². The molecule has 2 aromatic rings. The van der Waals surface area contributed by atoms with Gasteiger partial charge in [0.2, 0.25) is 5.91 Å². The minimum absolute atomic E-state index is 0.307. The molecule has 0 aliphatic carbocycles. The molecule has 0 unspecified atom stereocenters. The summed E-state index contributed by atoms with van der Waals surface area (Å²) in [6.07, 6.45) is -3.79. The lowest BCUT2D eigenvalue weighted by Gasteiger charge is -2.40. The summed E-state index contributed by atoms with van der Waals surface area (Å²) >= 11 is 1.89. The highest BCUT2D eigenvalue weighted by Crippen LogP contribution is 2.34. The zero-order valence-electron chi connectivity index (χ0n) is 20.0. The topological polar surface area (TPSA) is 111 Å². The molecule has 0 radical (unpaired) electrons. The largest absolute Gasteiger partial charge is 0.490 e. The molecule has 210 valence electrons. The molecule has 2 aliphatic heterocycles. The smallest absolute Gasteiger partial charge is 0.475 e. The Balaban J connectivity index is 0.000000301. The highest BCUT2D eigenvalue weighted by molar-refractivity contribution is 7.11. The Hall–Kier alpha value is -3.20. The fourth-order valence-corrected chi connectivity index (χ4v) is 5.01. The van der Waals surface area contributed by atoms with Crippen LogP contribution >= 0.6 is 11.3 Å². The number of aromatic nitrogens is 1. The number of nitrogens with zero attached hydrogens (tertiary/aromatic N) is 3. The van der Waals surface area contributed by atoms with Gasteiger partial charge in [0.15, 0.2) is 0 Å². The van der Waals surface area contributed by atoms with Gasteiger partial charge in [0.05, 0.1) is 0 Å². The van der Waals surface area contributed by atoms with E-state index in [2.05, 4.69) is 33.8 Å². The predicted molar refractivity (Wildman–Crippen MR) is 123 cm³/mol. The number of carbonyl (C=O) groups excluding carboxylic acids is 1. The molecule has 2 aromatic heterocycles. The van der Waals surface area contributed by atoms with Gasteiger partial charge < -0.3 is 15.1 Å².